The smallest absolute Gasteiger partial charge is 0.340 e. The van der Waals surface area contributed by atoms with Crippen LogP contribution in [0.1, 0.15) is 16.1 Å². The van der Waals surface area contributed by atoms with Gasteiger partial charge in [0.15, 0.2) is 5.11 Å². The van der Waals surface area contributed by atoms with Crippen LogP contribution in [0.4, 0.5) is 18.9 Å². The predicted molar refractivity (Wildman–Crippen MR) is 114 cm³/mol. The number of aromatic nitrogens is 1. The molecule has 0 saturated carbocycles. The van der Waals surface area contributed by atoms with E-state index in [2.05, 4.69) is 16.2 Å². The number of amides is 1. The number of halogens is 4. The molecule has 1 heterocycles. The Hall–Kier alpha value is -3.04. The summed E-state index contributed by atoms with van der Waals surface area (Å²) >= 11 is 11.2. The van der Waals surface area contributed by atoms with Gasteiger partial charge in [-0.2, -0.15) is 13.2 Å². The second-order valence-corrected chi connectivity index (χ2v) is 7.07. The van der Waals surface area contributed by atoms with Crippen molar-refractivity contribution in [2.45, 2.75) is 6.18 Å². The molecule has 0 saturated heterocycles. The summed E-state index contributed by atoms with van der Waals surface area (Å²) in [5.74, 6) is -0.524. The summed E-state index contributed by atoms with van der Waals surface area (Å²) in [6.45, 7) is 0. The summed E-state index contributed by atoms with van der Waals surface area (Å²) in [5.41, 5.74) is 5.67. The Bertz CT molecular complexity index is 1080. The SMILES string of the molecule is Cn1c(C(=O)NNC(=S)Nc2ccccc2)ccc1-c1cc(C(F)(F)F)ccc1Cl. The first-order valence-corrected chi connectivity index (χ1v) is 9.40. The van der Waals surface area contributed by atoms with Crippen LogP contribution < -0.4 is 16.2 Å². The van der Waals surface area contributed by atoms with E-state index in [0.717, 1.165) is 17.8 Å². The third-order valence-corrected chi connectivity index (χ3v) is 4.78. The van der Waals surface area contributed by atoms with Crippen LogP contribution in [0.15, 0.2) is 60.7 Å². The van der Waals surface area contributed by atoms with Crippen molar-refractivity contribution in [2.75, 3.05) is 5.32 Å². The van der Waals surface area contributed by atoms with Gasteiger partial charge in [-0.05, 0) is 54.7 Å². The highest BCUT2D eigenvalue weighted by molar-refractivity contribution is 7.80. The molecule has 30 heavy (non-hydrogen) atoms. The molecule has 2 aromatic carbocycles. The molecule has 0 unspecified atom stereocenters. The van der Waals surface area contributed by atoms with Gasteiger partial charge in [0.05, 0.1) is 5.56 Å². The van der Waals surface area contributed by atoms with E-state index >= 15 is 0 Å². The number of rotatable bonds is 3. The number of anilines is 1. The third-order valence-electron chi connectivity index (χ3n) is 4.25. The molecule has 1 amide bonds. The van der Waals surface area contributed by atoms with Crippen molar-refractivity contribution in [3.63, 3.8) is 0 Å². The summed E-state index contributed by atoms with van der Waals surface area (Å²) in [6.07, 6.45) is -4.50. The number of benzene rings is 2. The molecule has 0 aliphatic rings. The van der Waals surface area contributed by atoms with E-state index in [9.17, 15) is 18.0 Å². The van der Waals surface area contributed by atoms with E-state index in [4.69, 9.17) is 23.8 Å². The predicted octanol–water partition coefficient (Wildman–Crippen LogP) is 5.00. The van der Waals surface area contributed by atoms with E-state index in [-0.39, 0.29) is 21.4 Å². The van der Waals surface area contributed by atoms with Crippen molar-refractivity contribution in [3.8, 4) is 11.3 Å². The number of carbonyl (C=O) groups excluding carboxylic acids is 1. The fourth-order valence-corrected chi connectivity index (χ4v) is 3.15. The number of hydrazine groups is 1. The molecule has 0 spiro atoms. The summed E-state index contributed by atoms with van der Waals surface area (Å²) in [6, 6.07) is 15.2. The average Bonchev–Trinajstić information content (AvgIpc) is 3.07. The maximum Gasteiger partial charge on any atom is 0.416 e. The lowest BCUT2D eigenvalue weighted by Crippen LogP contribution is -2.44. The minimum absolute atomic E-state index is 0.141. The van der Waals surface area contributed by atoms with Crippen LogP contribution in [0.25, 0.3) is 11.3 Å². The molecular formula is C20H16ClF3N4OS. The van der Waals surface area contributed by atoms with Crippen LogP contribution >= 0.6 is 23.8 Å². The normalized spacial score (nSPS) is 11.1. The summed E-state index contributed by atoms with van der Waals surface area (Å²) in [7, 11) is 1.56. The fourth-order valence-electron chi connectivity index (χ4n) is 2.77. The van der Waals surface area contributed by atoms with Crippen LogP contribution in [-0.4, -0.2) is 15.6 Å². The molecule has 0 radical (unpaired) electrons. The maximum absolute atomic E-state index is 13.0. The molecule has 3 aromatic rings. The van der Waals surface area contributed by atoms with Crippen molar-refractivity contribution in [1.82, 2.24) is 15.4 Å². The standard InChI is InChI=1S/C20H16ClF3N4OS/c1-28-16(14-11-12(20(22,23)24)7-8-15(14)21)9-10-17(28)18(29)26-27-19(30)25-13-5-3-2-4-6-13/h2-11H,1H3,(H,26,29)(H2,25,27,30). The number of para-hydroxylation sites is 1. The molecule has 10 heteroatoms. The number of alkyl halides is 3. The van der Waals surface area contributed by atoms with Crippen molar-refractivity contribution < 1.29 is 18.0 Å². The Morgan fingerprint density at radius 2 is 1.73 bits per heavy atom. The molecule has 5 nitrogen and oxygen atoms in total. The molecule has 1 aromatic heterocycles. The van der Waals surface area contributed by atoms with Gasteiger partial charge in [0, 0.05) is 29.0 Å². The first kappa shape index (κ1) is 21.7. The Kier molecular flexibility index (Phi) is 6.33. The number of hydrogen-bond donors (Lipinski definition) is 3. The van der Waals surface area contributed by atoms with Gasteiger partial charge in [-0.15, -0.1) is 0 Å². The molecule has 3 N–H and O–H groups in total. The summed E-state index contributed by atoms with van der Waals surface area (Å²) in [4.78, 5) is 12.5. The highest BCUT2D eigenvalue weighted by Crippen LogP contribution is 2.36. The molecule has 0 bridgehead atoms. The van der Waals surface area contributed by atoms with Crippen LogP contribution in [0.3, 0.4) is 0 Å². The first-order chi connectivity index (χ1) is 14.2. The second-order valence-electron chi connectivity index (χ2n) is 6.25. The zero-order chi connectivity index (χ0) is 21.9. The van der Waals surface area contributed by atoms with Gasteiger partial charge in [-0.25, -0.2) is 0 Å². The average molecular weight is 453 g/mol. The Morgan fingerprint density at radius 1 is 1.03 bits per heavy atom. The van der Waals surface area contributed by atoms with Crippen molar-refractivity contribution in [3.05, 3.63) is 76.9 Å². The first-order valence-electron chi connectivity index (χ1n) is 8.62. The summed E-state index contributed by atoms with van der Waals surface area (Å²) in [5, 5.41) is 3.21. The third kappa shape index (κ3) is 4.92. The molecule has 0 aliphatic heterocycles. The highest BCUT2D eigenvalue weighted by atomic mass is 35.5. The summed E-state index contributed by atoms with van der Waals surface area (Å²) < 4.78 is 40.6. The van der Waals surface area contributed by atoms with Crippen LogP contribution in [0.2, 0.25) is 5.02 Å². The molecule has 0 aliphatic carbocycles. The maximum atomic E-state index is 13.0. The quantitative estimate of drug-likeness (QED) is 0.387. The number of nitrogens with one attached hydrogen (secondary N) is 3. The van der Waals surface area contributed by atoms with Crippen LogP contribution in [0, 0.1) is 0 Å². The van der Waals surface area contributed by atoms with E-state index in [1.807, 2.05) is 18.2 Å². The monoisotopic (exact) mass is 452 g/mol. The molecular weight excluding hydrogens is 437 g/mol. The zero-order valence-electron chi connectivity index (χ0n) is 15.5. The number of thiocarbonyl (C=S) groups is 1. The van der Waals surface area contributed by atoms with Crippen molar-refractivity contribution in [2.24, 2.45) is 7.05 Å². The van der Waals surface area contributed by atoms with E-state index in [1.165, 1.54) is 22.8 Å². The number of carbonyl (C=O) groups is 1. The van der Waals surface area contributed by atoms with Gasteiger partial charge >= 0.3 is 6.18 Å². The van der Waals surface area contributed by atoms with Gasteiger partial charge in [0.25, 0.3) is 5.91 Å². The van der Waals surface area contributed by atoms with Gasteiger partial charge in [0.2, 0.25) is 0 Å². The second kappa shape index (κ2) is 8.76. The zero-order valence-corrected chi connectivity index (χ0v) is 17.1. The van der Waals surface area contributed by atoms with Gasteiger partial charge in [-0.3, -0.25) is 15.6 Å². The Morgan fingerprint density at radius 3 is 2.40 bits per heavy atom. The molecule has 0 atom stereocenters. The lowest BCUT2D eigenvalue weighted by atomic mass is 10.1. The Balaban J connectivity index is 1.74. The lowest BCUT2D eigenvalue weighted by molar-refractivity contribution is -0.137. The van der Waals surface area contributed by atoms with Gasteiger partial charge in [-0.1, -0.05) is 29.8 Å². The largest absolute Gasteiger partial charge is 0.416 e. The van der Waals surface area contributed by atoms with Crippen LogP contribution in [0.5, 0.6) is 0 Å². The van der Waals surface area contributed by atoms with E-state index < -0.39 is 17.6 Å². The topological polar surface area (TPSA) is 58.1 Å². The lowest BCUT2D eigenvalue weighted by Gasteiger charge is -2.14. The van der Waals surface area contributed by atoms with Crippen LogP contribution in [-0.2, 0) is 13.2 Å². The fraction of sp³-hybridized carbons (Fsp3) is 0.100. The minimum Gasteiger partial charge on any atom is -0.340 e. The molecule has 156 valence electrons. The van der Waals surface area contributed by atoms with Gasteiger partial charge < -0.3 is 9.88 Å². The van der Waals surface area contributed by atoms with E-state index in [0.29, 0.717) is 5.69 Å². The van der Waals surface area contributed by atoms with Crippen molar-refractivity contribution in [1.29, 1.82) is 0 Å². The minimum atomic E-state index is -4.50. The Labute approximate surface area is 180 Å². The van der Waals surface area contributed by atoms with E-state index in [1.54, 1.807) is 19.2 Å². The number of hydrogen-bond acceptors (Lipinski definition) is 2. The highest BCUT2D eigenvalue weighted by Gasteiger charge is 2.31. The number of nitrogens with zero attached hydrogens (tertiary/aromatic N) is 1. The van der Waals surface area contributed by atoms with Gasteiger partial charge in [0.1, 0.15) is 5.69 Å². The van der Waals surface area contributed by atoms with Crippen molar-refractivity contribution >= 4 is 40.5 Å². The molecule has 3 rings (SSSR count). The molecule has 0 fully saturated rings.